The van der Waals surface area contributed by atoms with E-state index < -0.39 is 0 Å². The van der Waals surface area contributed by atoms with Gasteiger partial charge < -0.3 is 10.1 Å². The summed E-state index contributed by atoms with van der Waals surface area (Å²) in [5.74, 6) is 0.697. The second-order valence-electron chi connectivity index (χ2n) is 4.16. The number of rotatable bonds is 4. The molecule has 0 aromatic heterocycles. The minimum atomic E-state index is -0.0615. The lowest BCUT2D eigenvalue weighted by Crippen LogP contribution is -2.51. The highest BCUT2D eigenvalue weighted by Crippen LogP contribution is 2.22. The number of benzene rings is 1. The molecule has 0 aliphatic carbocycles. The summed E-state index contributed by atoms with van der Waals surface area (Å²) in [6.45, 7) is 3.81. The maximum absolute atomic E-state index is 9.03. The van der Waals surface area contributed by atoms with E-state index >= 15 is 0 Å². The third-order valence-electron chi connectivity index (χ3n) is 2.98. The molecule has 0 amide bonds. The molecular weight excluding hydrogens is 250 g/mol. The first-order valence-corrected chi connectivity index (χ1v) is 6.41. The van der Waals surface area contributed by atoms with Crippen LogP contribution in [0.3, 0.4) is 0 Å². The molecule has 1 saturated heterocycles. The molecule has 1 aliphatic heterocycles. The van der Waals surface area contributed by atoms with Crippen molar-refractivity contribution >= 4 is 11.6 Å². The number of ether oxygens (including phenoxy) is 1. The summed E-state index contributed by atoms with van der Waals surface area (Å²) in [7, 11) is 0. The Morgan fingerprint density at radius 2 is 2.33 bits per heavy atom. The largest absolute Gasteiger partial charge is 0.491 e. The van der Waals surface area contributed by atoms with Gasteiger partial charge in [-0.25, -0.2) is 0 Å². The average Bonchev–Trinajstić information content (AvgIpc) is 2.41. The lowest BCUT2D eigenvalue weighted by Gasteiger charge is -2.31. The third-order valence-corrected chi connectivity index (χ3v) is 3.29. The summed E-state index contributed by atoms with van der Waals surface area (Å²) in [5, 5.41) is 12.9. The molecule has 18 heavy (non-hydrogen) atoms. The van der Waals surface area contributed by atoms with Crippen LogP contribution in [0.4, 0.5) is 0 Å². The summed E-state index contributed by atoms with van der Waals surface area (Å²) >= 11 is 6.00. The Morgan fingerprint density at radius 1 is 1.50 bits per heavy atom. The van der Waals surface area contributed by atoms with Gasteiger partial charge in [0.05, 0.1) is 11.1 Å². The number of halogens is 1. The van der Waals surface area contributed by atoms with Crippen molar-refractivity contribution in [2.45, 2.75) is 6.04 Å². The van der Waals surface area contributed by atoms with Gasteiger partial charge >= 0.3 is 0 Å². The van der Waals surface area contributed by atoms with E-state index in [1.165, 1.54) is 0 Å². The van der Waals surface area contributed by atoms with Gasteiger partial charge in [-0.1, -0.05) is 23.7 Å². The SMILES string of the molecule is N#CC1CNCCN1CCOc1ccccc1Cl. The molecule has 1 fully saturated rings. The lowest BCUT2D eigenvalue weighted by atomic mass is 10.2. The molecule has 1 aromatic rings. The number of hydrogen-bond acceptors (Lipinski definition) is 4. The van der Waals surface area contributed by atoms with Crippen LogP contribution in [0.5, 0.6) is 5.75 Å². The Hall–Kier alpha value is -1.28. The van der Waals surface area contributed by atoms with Crippen LogP contribution in [-0.4, -0.2) is 43.7 Å². The van der Waals surface area contributed by atoms with Gasteiger partial charge in [-0.15, -0.1) is 0 Å². The fourth-order valence-electron chi connectivity index (χ4n) is 1.98. The summed E-state index contributed by atoms with van der Waals surface area (Å²) in [4.78, 5) is 2.13. The van der Waals surface area contributed by atoms with Gasteiger partial charge in [-0.05, 0) is 12.1 Å². The van der Waals surface area contributed by atoms with Crippen molar-refractivity contribution in [2.24, 2.45) is 0 Å². The van der Waals surface area contributed by atoms with Crippen molar-refractivity contribution in [2.75, 3.05) is 32.8 Å². The fourth-order valence-corrected chi connectivity index (χ4v) is 2.17. The quantitative estimate of drug-likeness (QED) is 0.897. The van der Waals surface area contributed by atoms with Crippen LogP contribution in [0, 0.1) is 11.3 Å². The Kier molecular flexibility index (Phi) is 4.82. The van der Waals surface area contributed by atoms with Crippen LogP contribution in [-0.2, 0) is 0 Å². The van der Waals surface area contributed by atoms with Gasteiger partial charge in [0.1, 0.15) is 18.4 Å². The molecule has 1 heterocycles. The van der Waals surface area contributed by atoms with Gasteiger partial charge in [0.15, 0.2) is 0 Å². The summed E-state index contributed by atoms with van der Waals surface area (Å²) in [6.07, 6.45) is 0. The topological polar surface area (TPSA) is 48.3 Å². The zero-order valence-electron chi connectivity index (χ0n) is 10.1. The molecule has 0 spiro atoms. The monoisotopic (exact) mass is 265 g/mol. The summed E-state index contributed by atoms with van der Waals surface area (Å²) in [6, 6.07) is 9.65. The van der Waals surface area contributed by atoms with E-state index in [-0.39, 0.29) is 6.04 Å². The highest BCUT2D eigenvalue weighted by atomic mass is 35.5. The van der Waals surface area contributed by atoms with Crippen LogP contribution in [0.25, 0.3) is 0 Å². The van der Waals surface area contributed by atoms with E-state index in [0.717, 1.165) is 26.2 Å². The van der Waals surface area contributed by atoms with E-state index in [9.17, 15) is 0 Å². The molecule has 5 heteroatoms. The van der Waals surface area contributed by atoms with E-state index in [1.54, 1.807) is 6.07 Å². The van der Waals surface area contributed by atoms with Gasteiger partial charge in [-0.3, -0.25) is 4.90 Å². The number of hydrogen-bond donors (Lipinski definition) is 1. The maximum atomic E-state index is 9.03. The van der Waals surface area contributed by atoms with Crippen molar-refractivity contribution in [1.82, 2.24) is 10.2 Å². The Bertz CT molecular complexity index is 432. The van der Waals surface area contributed by atoms with Gasteiger partial charge in [-0.2, -0.15) is 5.26 Å². The van der Waals surface area contributed by atoms with Crippen LogP contribution >= 0.6 is 11.6 Å². The molecule has 1 atom stereocenters. The first-order valence-electron chi connectivity index (χ1n) is 6.03. The summed E-state index contributed by atoms with van der Waals surface area (Å²) < 4.78 is 5.63. The van der Waals surface area contributed by atoms with Crippen LogP contribution in [0.1, 0.15) is 0 Å². The van der Waals surface area contributed by atoms with E-state index in [2.05, 4.69) is 16.3 Å². The predicted molar refractivity (Wildman–Crippen MR) is 70.8 cm³/mol. The molecule has 1 N–H and O–H groups in total. The molecule has 96 valence electrons. The maximum Gasteiger partial charge on any atom is 0.137 e. The zero-order chi connectivity index (χ0) is 12.8. The summed E-state index contributed by atoms with van der Waals surface area (Å²) in [5.41, 5.74) is 0. The highest BCUT2D eigenvalue weighted by molar-refractivity contribution is 6.32. The van der Waals surface area contributed by atoms with Crippen molar-refractivity contribution < 1.29 is 4.74 Å². The minimum Gasteiger partial charge on any atom is -0.491 e. The second-order valence-corrected chi connectivity index (χ2v) is 4.57. The zero-order valence-corrected chi connectivity index (χ0v) is 10.9. The second kappa shape index (κ2) is 6.60. The standard InChI is InChI=1S/C13H16ClN3O/c14-12-3-1-2-4-13(12)18-8-7-17-6-5-16-10-11(17)9-15/h1-4,11,16H,5-8,10H2. The molecule has 1 aliphatic rings. The van der Waals surface area contributed by atoms with E-state index in [1.807, 2.05) is 18.2 Å². The van der Waals surface area contributed by atoms with Crippen molar-refractivity contribution in [1.29, 1.82) is 5.26 Å². The third kappa shape index (κ3) is 3.36. The smallest absolute Gasteiger partial charge is 0.137 e. The molecule has 4 nitrogen and oxygen atoms in total. The van der Waals surface area contributed by atoms with Crippen LogP contribution in [0.15, 0.2) is 24.3 Å². The predicted octanol–water partition coefficient (Wildman–Crippen LogP) is 1.52. The average molecular weight is 266 g/mol. The highest BCUT2D eigenvalue weighted by Gasteiger charge is 2.21. The molecule has 0 bridgehead atoms. The van der Waals surface area contributed by atoms with E-state index in [4.69, 9.17) is 21.6 Å². The number of nitrogens with one attached hydrogen (secondary N) is 1. The molecule has 0 saturated carbocycles. The van der Waals surface area contributed by atoms with Crippen molar-refractivity contribution in [3.05, 3.63) is 29.3 Å². The number of nitriles is 1. The lowest BCUT2D eigenvalue weighted by molar-refractivity contribution is 0.161. The molecule has 0 radical (unpaired) electrons. The molecule has 1 unspecified atom stereocenters. The fraction of sp³-hybridized carbons (Fsp3) is 0.462. The number of para-hydroxylation sites is 1. The van der Waals surface area contributed by atoms with Crippen LogP contribution < -0.4 is 10.1 Å². The van der Waals surface area contributed by atoms with Gasteiger partial charge in [0.25, 0.3) is 0 Å². The minimum absolute atomic E-state index is 0.0615. The first kappa shape index (κ1) is 13.2. The normalized spacial score (nSPS) is 20.3. The van der Waals surface area contributed by atoms with Gasteiger partial charge in [0, 0.05) is 26.2 Å². The van der Waals surface area contributed by atoms with Crippen molar-refractivity contribution in [3.8, 4) is 11.8 Å². The van der Waals surface area contributed by atoms with Crippen molar-refractivity contribution in [3.63, 3.8) is 0 Å². The first-order chi connectivity index (χ1) is 8.81. The molecule has 1 aromatic carbocycles. The van der Waals surface area contributed by atoms with Gasteiger partial charge in [0.2, 0.25) is 0 Å². The molecular formula is C13H16ClN3O. The Balaban J connectivity index is 1.81. The van der Waals surface area contributed by atoms with E-state index in [0.29, 0.717) is 17.4 Å². The number of nitrogens with zero attached hydrogens (tertiary/aromatic N) is 2. The number of piperazine rings is 1. The Morgan fingerprint density at radius 3 is 3.11 bits per heavy atom. The molecule has 2 rings (SSSR count). The Labute approximate surface area is 112 Å². The van der Waals surface area contributed by atoms with Crippen LogP contribution in [0.2, 0.25) is 5.02 Å².